The van der Waals surface area contributed by atoms with Gasteiger partial charge in [0.15, 0.2) is 0 Å². The normalized spacial score (nSPS) is 21.0. The molecule has 0 radical (unpaired) electrons. The third kappa shape index (κ3) is 5.94. The Balaban J connectivity index is 0.00000338. The summed E-state index contributed by atoms with van der Waals surface area (Å²) in [5.74, 6) is 0.523. The zero-order valence-electron chi connectivity index (χ0n) is 15.5. The highest BCUT2D eigenvalue weighted by molar-refractivity contribution is 7.89. The molecule has 0 aromatic heterocycles. The van der Waals surface area contributed by atoms with Crippen LogP contribution in [0.5, 0.6) is 0 Å². The largest absolute Gasteiger partial charge is 0.352 e. The van der Waals surface area contributed by atoms with E-state index in [1.54, 1.807) is 16.4 Å². The lowest BCUT2D eigenvalue weighted by atomic mass is 9.94. The van der Waals surface area contributed by atoms with Gasteiger partial charge in [-0.3, -0.25) is 4.79 Å². The van der Waals surface area contributed by atoms with Gasteiger partial charge in [0.05, 0.1) is 4.90 Å². The van der Waals surface area contributed by atoms with Crippen molar-refractivity contribution < 1.29 is 13.2 Å². The van der Waals surface area contributed by atoms with Gasteiger partial charge in [-0.2, -0.15) is 4.31 Å². The van der Waals surface area contributed by atoms with Crippen molar-refractivity contribution in [1.29, 1.82) is 0 Å². The highest BCUT2D eigenvalue weighted by atomic mass is 35.5. The first-order valence-corrected chi connectivity index (χ1v) is 10.4. The van der Waals surface area contributed by atoms with Crippen LogP contribution < -0.4 is 11.1 Å². The molecule has 8 heteroatoms. The van der Waals surface area contributed by atoms with Crippen molar-refractivity contribution in [2.24, 2.45) is 17.6 Å². The van der Waals surface area contributed by atoms with Crippen molar-refractivity contribution in [3.63, 3.8) is 0 Å². The molecule has 1 aliphatic rings. The summed E-state index contributed by atoms with van der Waals surface area (Å²) in [6.07, 6.45) is 2.75. The lowest BCUT2D eigenvalue weighted by Crippen LogP contribution is -2.42. The predicted molar refractivity (Wildman–Crippen MR) is 106 cm³/mol. The van der Waals surface area contributed by atoms with Crippen LogP contribution in [0.15, 0.2) is 29.2 Å². The summed E-state index contributed by atoms with van der Waals surface area (Å²) < 4.78 is 27.2. The molecule has 1 heterocycles. The van der Waals surface area contributed by atoms with Gasteiger partial charge in [0, 0.05) is 25.2 Å². The molecule has 2 rings (SSSR count). The van der Waals surface area contributed by atoms with Crippen LogP contribution in [0.3, 0.4) is 0 Å². The van der Waals surface area contributed by atoms with E-state index in [2.05, 4.69) is 19.2 Å². The second-order valence-corrected chi connectivity index (χ2v) is 8.98. The molecular formula is C18H30ClN3O3S. The minimum absolute atomic E-state index is 0. The smallest absolute Gasteiger partial charge is 0.251 e. The lowest BCUT2D eigenvalue weighted by molar-refractivity contribution is 0.0953. The van der Waals surface area contributed by atoms with Crippen molar-refractivity contribution in [3.8, 4) is 0 Å². The standard InChI is InChI=1S/C18H29N3O3S.ClH/c1-14-11-15(2)13-21(12-14)25(23,24)17-7-5-16(6-8-17)18(22)20-10-4-3-9-19;/h5-8,14-15H,3-4,9-13,19H2,1-2H3,(H,20,22);1H. The summed E-state index contributed by atoms with van der Waals surface area (Å²) in [7, 11) is -3.51. The molecule has 1 aromatic rings. The highest BCUT2D eigenvalue weighted by Gasteiger charge is 2.31. The van der Waals surface area contributed by atoms with Gasteiger partial charge in [-0.25, -0.2) is 8.42 Å². The topological polar surface area (TPSA) is 92.5 Å². The Bertz CT molecular complexity index is 669. The summed E-state index contributed by atoms with van der Waals surface area (Å²) in [5, 5.41) is 2.81. The van der Waals surface area contributed by atoms with Crippen molar-refractivity contribution in [2.45, 2.75) is 38.0 Å². The van der Waals surface area contributed by atoms with E-state index in [0.717, 1.165) is 19.3 Å². The third-order valence-electron chi connectivity index (χ3n) is 4.51. The fourth-order valence-electron chi connectivity index (χ4n) is 3.30. The maximum absolute atomic E-state index is 12.8. The zero-order valence-corrected chi connectivity index (χ0v) is 17.1. The van der Waals surface area contributed by atoms with Crippen molar-refractivity contribution in [1.82, 2.24) is 9.62 Å². The first-order valence-electron chi connectivity index (χ1n) is 8.93. The number of nitrogens with zero attached hydrogens (tertiary/aromatic N) is 1. The van der Waals surface area contributed by atoms with Crippen LogP contribution in [0.25, 0.3) is 0 Å². The Morgan fingerprint density at radius 3 is 2.27 bits per heavy atom. The number of piperidine rings is 1. The van der Waals surface area contributed by atoms with Gasteiger partial charge in [0.2, 0.25) is 10.0 Å². The van der Waals surface area contributed by atoms with Gasteiger partial charge in [-0.15, -0.1) is 12.4 Å². The average molecular weight is 404 g/mol. The van der Waals surface area contributed by atoms with Crippen molar-refractivity contribution in [3.05, 3.63) is 29.8 Å². The molecule has 0 spiro atoms. The number of carbonyl (C=O) groups is 1. The van der Waals surface area contributed by atoms with Crippen LogP contribution in [-0.2, 0) is 10.0 Å². The monoisotopic (exact) mass is 403 g/mol. The lowest BCUT2D eigenvalue weighted by Gasteiger charge is -2.34. The van der Waals surface area contributed by atoms with E-state index in [-0.39, 0.29) is 23.2 Å². The molecule has 0 bridgehead atoms. The maximum atomic E-state index is 12.8. The number of nitrogens with two attached hydrogens (primary N) is 1. The first-order chi connectivity index (χ1) is 11.8. The van der Waals surface area contributed by atoms with E-state index >= 15 is 0 Å². The highest BCUT2D eigenvalue weighted by Crippen LogP contribution is 2.26. The summed E-state index contributed by atoms with van der Waals surface area (Å²) >= 11 is 0. The summed E-state index contributed by atoms with van der Waals surface area (Å²) in [5.41, 5.74) is 5.88. The number of nitrogens with one attached hydrogen (secondary N) is 1. The number of hydrogen-bond donors (Lipinski definition) is 2. The Morgan fingerprint density at radius 1 is 1.15 bits per heavy atom. The molecule has 2 atom stereocenters. The van der Waals surface area contributed by atoms with E-state index < -0.39 is 10.0 Å². The number of benzene rings is 1. The van der Waals surface area contributed by atoms with E-state index in [0.29, 0.717) is 43.6 Å². The second kappa shape index (κ2) is 10.3. The Hall–Kier alpha value is -1.15. The molecule has 0 saturated carbocycles. The van der Waals surface area contributed by atoms with Crippen LogP contribution >= 0.6 is 12.4 Å². The van der Waals surface area contributed by atoms with E-state index in [1.165, 1.54) is 12.1 Å². The maximum Gasteiger partial charge on any atom is 0.251 e. The van der Waals surface area contributed by atoms with Crippen molar-refractivity contribution in [2.75, 3.05) is 26.2 Å². The van der Waals surface area contributed by atoms with Crippen LogP contribution in [-0.4, -0.2) is 44.8 Å². The number of hydrogen-bond acceptors (Lipinski definition) is 4. The Kier molecular flexibility index (Phi) is 9.03. The summed E-state index contributed by atoms with van der Waals surface area (Å²) in [6.45, 7) is 6.44. The molecule has 26 heavy (non-hydrogen) atoms. The van der Waals surface area contributed by atoms with E-state index in [9.17, 15) is 13.2 Å². The van der Waals surface area contributed by atoms with E-state index in [1.807, 2.05) is 0 Å². The molecule has 3 N–H and O–H groups in total. The van der Waals surface area contributed by atoms with Gasteiger partial charge in [-0.05, 0) is 61.9 Å². The second-order valence-electron chi connectivity index (χ2n) is 7.04. The number of rotatable bonds is 7. The van der Waals surface area contributed by atoms with Crippen LogP contribution in [0.2, 0.25) is 0 Å². The molecule has 1 aliphatic heterocycles. The predicted octanol–water partition coefficient (Wildman–Crippen LogP) is 2.24. The molecule has 0 aliphatic carbocycles. The number of halogens is 1. The quantitative estimate of drug-likeness (QED) is 0.683. The number of unbranched alkanes of at least 4 members (excludes halogenated alkanes) is 1. The van der Waals surface area contributed by atoms with Crippen LogP contribution in [0, 0.1) is 11.8 Å². The fraction of sp³-hybridized carbons (Fsp3) is 0.611. The molecule has 1 fully saturated rings. The molecule has 1 aromatic carbocycles. The van der Waals surface area contributed by atoms with Gasteiger partial charge in [0.1, 0.15) is 0 Å². The summed E-state index contributed by atoms with van der Waals surface area (Å²) in [6, 6.07) is 6.19. The van der Waals surface area contributed by atoms with Gasteiger partial charge >= 0.3 is 0 Å². The minimum Gasteiger partial charge on any atom is -0.352 e. The summed E-state index contributed by atoms with van der Waals surface area (Å²) in [4.78, 5) is 12.3. The Labute approximate surface area is 163 Å². The molecule has 2 unspecified atom stereocenters. The number of amides is 1. The van der Waals surface area contributed by atoms with E-state index in [4.69, 9.17) is 5.73 Å². The average Bonchev–Trinajstić information content (AvgIpc) is 2.58. The molecule has 148 valence electrons. The fourth-order valence-corrected chi connectivity index (χ4v) is 4.98. The minimum atomic E-state index is -3.51. The Morgan fingerprint density at radius 2 is 1.73 bits per heavy atom. The molecule has 1 amide bonds. The first kappa shape index (κ1) is 22.9. The van der Waals surface area contributed by atoms with Gasteiger partial charge in [-0.1, -0.05) is 13.8 Å². The molecular weight excluding hydrogens is 374 g/mol. The van der Waals surface area contributed by atoms with Crippen LogP contribution in [0.1, 0.15) is 43.5 Å². The van der Waals surface area contributed by atoms with Gasteiger partial charge in [0.25, 0.3) is 5.91 Å². The SMILES string of the molecule is CC1CC(C)CN(S(=O)(=O)c2ccc(C(=O)NCCCCN)cc2)C1.Cl. The van der Waals surface area contributed by atoms with Crippen molar-refractivity contribution >= 4 is 28.3 Å². The third-order valence-corrected chi connectivity index (χ3v) is 6.35. The zero-order chi connectivity index (χ0) is 18.4. The molecule has 6 nitrogen and oxygen atoms in total. The van der Waals surface area contributed by atoms with Crippen LogP contribution in [0.4, 0.5) is 0 Å². The number of carbonyl (C=O) groups excluding carboxylic acids is 1. The number of sulfonamides is 1. The van der Waals surface area contributed by atoms with Gasteiger partial charge < -0.3 is 11.1 Å². The molecule has 1 saturated heterocycles.